The summed E-state index contributed by atoms with van der Waals surface area (Å²) >= 11 is 0. The van der Waals surface area contributed by atoms with Crippen molar-refractivity contribution in [3.8, 4) is 17.0 Å². The van der Waals surface area contributed by atoms with Crippen LogP contribution < -0.4 is 0 Å². The highest BCUT2D eigenvalue weighted by molar-refractivity contribution is 5.62. The maximum atomic E-state index is 5.52. The Morgan fingerprint density at radius 3 is 2.47 bits per heavy atom. The quantitative estimate of drug-likeness (QED) is 0.665. The molecule has 0 aliphatic rings. The third kappa shape index (κ3) is 2.10. The number of hydrogen-bond donors (Lipinski definition) is 0. The monoisotopic (exact) mass is 251 g/mol. The molecule has 0 amide bonds. The van der Waals surface area contributed by atoms with E-state index in [-0.39, 0.29) is 0 Å². The second-order valence-electron chi connectivity index (χ2n) is 4.71. The molecule has 0 saturated carbocycles. The van der Waals surface area contributed by atoms with Gasteiger partial charge < -0.3 is 8.98 Å². The molecular weight excluding hydrogens is 234 g/mol. The van der Waals surface area contributed by atoms with E-state index in [4.69, 9.17) is 4.42 Å². The van der Waals surface area contributed by atoms with E-state index in [1.807, 2.05) is 12.1 Å². The minimum Gasteiger partial charge on any atom is -0.464 e. The van der Waals surface area contributed by atoms with Gasteiger partial charge in [-0.1, -0.05) is 24.6 Å². The lowest BCUT2D eigenvalue weighted by molar-refractivity contribution is 0.581. The zero-order chi connectivity index (χ0) is 13.2. The molecule has 19 heavy (non-hydrogen) atoms. The van der Waals surface area contributed by atoms with E-state index in [0.717, 1.165) is 12.2 Å². The molecule has 3 aromatic rings. The molecule has 0 atom stereocenters. The van der Waals surface area contributed by atoms with Crippen molar-refractivity contribution in [2.45, 2.75) is 20.3 Å². The molecule has 2 heterocycles. The third-order valence-electron chi connectivity index (χ3n) is 3.43. The van der Waals surface area contributed by atoms with Crippen LogP contribution in [0.25, 0.3) is 17.0 Å². The summed E-state index contributed by atoms with van der Waals surface area (Å²) in [6.45, 7) is 4.28. The van der Waals surface area contributed by atoms with Crippen LogP contribution in [0.1, 0.15) is 18.2 Å². The standard InChI is InChI=1S/C17H17NO/c1-3-16-15(17-5-4-12-19-17)10-11-18(16)14-8-6-13(2)7-9-14/h4-12H,3H2,1-2H3. The molecule has 1 aromatic carbocycles. The van der Waals surface area contributed by atoms with Gasteiger partial charge in [-0.05, 0) is 43.7 Å². The van der Waals surface area contributed by atoms with Crippen LogP contribution in [0.3, 0.4) is 0 Å². The molecule has 0 N–H and O–H groups in total. The average Bonchev–Trinajstić information content (AvgIpc) is 3.08. The summed E-state index contributed by atoms with van der Waals surface area (Å²) in [6, 6.07) is 14.6. The van der Waals surface area contributed by atoms with Crippen molar-refractivity contribution in [2.75, 3.05) is 0 Å². The van der Waals surface area contributed by atoms with Crippen molar-refractivity contribution in [2.24, 2.45) is 0 Å². The molecule has 0 fully saturated rings. The van der Waals surface area contributed by atoms with Gasteiger partial charge in [-0.2, -0.15) is 0 Å². The molecule has 96 valence electrons. The van der Waals surface area contributed by atoms with Crippen LogP contribution in [-0.4, -0.2) is 4.57 Å². The van der Waals surface area contributed by atoms with Crippen molar-refractivity contribution in [1.29, 1.82) is 0 Å². The summed E-state index contributed by atoms with van der Waals surface area (Å²) in [5, 5.41) is 0. The van der Waals surface area contributed by atoms with Gasteiger partial charge in [0.25, 0.3) is 0 Å². The average molecular weight is 251 g/mol. The first kappa shape index (κ1) is 11.8. The van der Waals surface area contributed by atoms with Gasteiger partial charge in [0.05, 0.1) is 6.26 Å². The predicted octanol–water partition coefficient (Wildman–Crippen LogP) is 4.61. The van der Waals surface area contributed by atoms with Crippen LogP contribution in [0.4, 0.5) is 0 Å². The number of hydrogen-bond acceptors (Lipinski definition) is 1. The Morgan fingerprint density at radius 2 is 1.84 bits per heavy atom. The molecule has 0 bridgehead atoms. The molecule has 0 saturated heterocycles. The zero-order valence-electron chi connectivity index (χ0n) is 11.3. The summed E-state index contributed by atoms with van der Waals surface area (Å²) in [6.07, 6.45) is 4.80. The number of aromatic nitrogens is 1. The zero-order valence-corrected chi connectivity index (χ0v) is 11.3. The number of aryl methyl sites for hydroxylation is 1. The van der Waals surface area contributed by atoms with Crippen LogP contribution in [0, 0.1) is 6.92 Å². The first-order chi connectivity index (χ1) is 9.29. The fourth-order valence-electron chi connectivity index (χ4n) is 2.43. The highest BCUT2D eigenvalue weighted by atomic mass is 16.3. The molecule has 0 aliphatic heterocycles. The van der Waals surface area contributed by atoms with Gasteiger partial charge in [0.2, 0.25) is 0 Å². The summed E-state index contributed by atoms with van der Waals surface area (Å²) in [5.41, 5.74) is 4.92. The van der Waals surface area contributed by atoms with Crippen molar-refractivity contribution in [3.63, 3.8) is 0 Å². The fraction of sp³-hybridized carbons (Fsp3) is 0.176. The summed E-state index contributed by atoms with van der Waals surface area (Å²) in [4.78, 5) is 0. The van der Waals surface area contributed by atoms with Crippen molar-refractivity contribution in [1.82, 2.24) is 4.57 Å². The van der Waals surface area contributed by atoms with E-state index in [2.05, 4.69) is 54.9 Å². The van der Waals surface area contributed by atoms with Crippen LogP contribution >= 0.6 is 0 Å². The van der Waals surface area contributed by atoms with Crippen LogP contribution in [0.5, 0.6) is 0 Å². The summed E-state index contributed by atoms with van der Waals surface area (Å²) in [5.74, 6) is 0.933. The molecule has 2 nitrogen and oxygen atoms in total. The van der Waals surface area contributed by atoms with E-state index >= 15 is 0 Å². The van der Waals surface area contributed by atoms with E-state index < -0.39 is 0 Å². The number of nitrogens with zero attached hydrogens (tertiary/aromatic N) is 1. The highest BCUT2D eigenvalue weighted by Gasteiger charge is 2.12. The Kier molecular flexibility index (Phi) is 3.00. The second kappa shape index (κ2) is 4.81. The van der Waals surface area contributed by atoms with Crippen molar-refractivity contribution >= 4 is 0 Å². The summed E-state index contributed by atoms with van der Waals surface area (Å²) in [7, 11) is 0. The normalized spacial score (nSPS) is 10.8. The van der Waals surface area contributed by atoms with Gasteiger partial charge >= 0.3 is 0 Å². The van der Waals surface area contributed by atoms with Crippen LogP contribution in [0.15, 0.2) is 59.3 Å². The number of benzene rings is 1. The van der Waals surface area contributed by atoms with Crippen LogP contribution in [-0.2, 0) is 6.42 Å². The molecular formula is C17H17NO. The Balaban J connectivity index is 2.10. The topological polar surface area (TPSA) is 18.1 Å². The molecule has 0 unspecified atom stereocenters. The first-order valence-corrected chi connectivity index (χ1v) is 6.60. The maximum absolute atomic E-state index is 5.52. The Labute approximate surface area is 113 Å². The van der Waals surface area contributed by atoms with E-state index in [1.165, 1.54) is 22.5 Å². The second-order valence-corrected chi connectivity index (χ2v) is 4.71. The fourth-order valence-corrected chi connectivity index (χ4v) is 2.43. The minimum atomic E-state index is 0.933. The molecule has 2 heteroatoms. The van der Waals surface area contributed by atoms with Gasteiger partial charge in [-0.15, -0.1) is 0 Å². The van der Waals surface area contributed by atoms with E-state index in [1.54, 1.807) is 6.26 Å². The Morgan fingerprint density at radius 1 is 1.05 bits per heavy atom. The van der Waals surface area contributed by atoms with Gasteiger partial charge in [0.1, 0.15) is 5.76 Å². The van der Waals surface area contributed by atoms with Crippen LogP contribution in [0.2, 0.25) is 0 Å². The van der Waals surface area contributed by atoms with Crippen molar-refractivity contribution in [3.05, 3.63) is 66.2 Å². The lowest BCUT2D eigenvalue weighted by atomic mass is 10.1. The van der Waals surface area contributed by atoms with Gasteiger partial charge in [-0.25, -0.2) is 0 Å². The third-order valence-corrected chi connectivity index (χ3v) is 3.43. The molecule has 0 spiro atoms. The SMILES string of the molecule is CCc1c(-c2ccco2)ccn1-c1ccc(C)cc1. The number of rotatable bonds is 3. The van der Waals surface area contributed by atoms with Crippen molar-refractivity contribution < 1.29 is 4.42 Å². The molecule has 0 aliphatic carbocycles. The Hall–Kier alpha value is -2.22. The van der Waals surface area contributed by atoms with E-state index in [9.17, 15) is 0 Å². The summed E-state index contributed by atoms with van der Waals surface area (Å²) < 4.78 is 7.75. The molecule has 3 rings (SSSR count). The highest BCUT2D eigenvalue weighted by Crippen LogP contribution is 2.28. The predicted molar refractivity (Wildman–Crippen MR) is 77.6 cm³/mol. The number of furan rings is 1. The lowest BCUT2D eigenvalue weighted by Crippen LogP contribution is -1.98. The van der Waals surface area contributed by atoms with E-state index in [0.29, 0.717) is 0 Å². The lowest BCUT2D eigenvalue weighted by Gasteiger charge is -2.09. The first-order valence-electron chi connectivity index (χ1n) is 6.60. The Bertz CT molecular complexity index is 660. The minimum absolute atomic E-state index is 0.933. The smallest absolute Gasteiger partial charge is 0.135 e. The van der Waals surface area contributed by atoms with Gasteiger partial charge in [0, 0.05) is 23.1 Å². The molecule has 0 radical (unpaired) electrons. The van der Waals surface area contributed by atoms with Gasteiger partial charge in [0.15, 0.2) is 0 Å². The van der Waals surface area contributed by atoms with Gasteiger partial charge in [-0.3, -0.25) is 0 Å². The maximum Gasteiger partial charge on any atom is 0.135 e. The largest absolute Gasteiger partial charge is 0.464 e. The molecule has 2 aromatic heterocycles.